The highest BCUT2D eigenvalue weighted by atomic mass is 32.2. The summed E-state index contributed by atoms with van der Waals surface area (Å²) < 4.78 is 5.26. The number of carbonyl (C=O) groups excluding carboxylic acids is 1. The third kappa shape index (κ3) is 6.07. The van der Waals surface area contributed by atoms with E-state index >= 15 is 0 Å². The molecule has 1 heterocycles. The Bertz CT molecular complexity index is 1450. The van der Waals surface area contributed by atoms with Crippen molar-refractivity contribution >= 4 is 34.9 Å². The molecule has 0 bridgehead atoms. The fourth-order valence-electron chi connectivity index (χ4n) is 3.30. The van der Waals surface area contributed by atoms with Gasteiger partial charge in [-0.3, -0.25) is 4.79 Å². The van der Waals surface area contributed by atoms with Gasteiger partial charge in [0.1, 0.15) is 5.75 Å². The Labute approximate surface area is 206 Å². The number of amides is 2. The first kappa shape index (κ1) is 23.6. The van der Waals surface area contributed by atoms with Gasteiger partial charge in [-0.15, -0.1) is 0 Å². The Morgan fingerprint density at radius 1 is 1.03 bits per heavy atom. The van der Waals surface area contributed by atoms with Crippen LogP contribution in [0.1, 0.15) is 5.56 Å². The number of hydrogen-bond donors (Lipinski definition) is 3. The molecule has 0 saturated carbocycles. The highest BCUT2D eigenvalue weighted by molar-refractivity contribution is 7.98. The zero-order valence-electron chi connectivity index (χ0n) is 18.7. The lowest BCUT2D eigenvalue weighted by atomic mass is 10.1. The monoisotopic (exact) mass is 483 g/mol. The minimum Gasteiger partial charge on any atom is -0.497 e. The number of urea groups is 1. The molecule has 0 aliphatic rings. The molecule has 174 valence electrons. The van der Waals surface area contributed by atoms with Gasteiger partial charge in [0.25, 0.3) is 11.2 Å². The quantitative estimate of drug-likeness (QED) is 0.172. The Morgan fingerprint density at radius 3 is 2.54 bits per heavy atom. The molecule has 9 heteroatoms. The largest absolute Gasteiger partial charge is 0.497 e. The highest BCUT2D eigenvalue weighted by Crippen LogP contribution is 2.30. The van der Waals surface area contributed by atoms with E-state index in [2.05, 4.69) is 25.4 Å². The van der Waals surface area contributed by atoms with Crippen molar-refractivity contribution in [1.29, 1.82) is 0 Å². The molecule has 3 N–H and O–H groups in total. The smallest absolute Gasteiger partial charge is 0.323 e. The van der Waals surface area contributed by atoms with Crippen LogP contribution in [0.3, 0.4) is 0 Å². The van der Waals surface area contributed by atoms with Crippen LogP contribution in [0.25, 0.3) is 16.1 Å². The van der Waals surface area contributed by atoms with E-state index in [1.807, 2.05) is 36.4 Å². The van der Waals surface area contributed by atoms with Crippen molar-refractivity contribution in [1.82, 2.24) is 9.97 Å². The summed E-state index contributed by atoms with van der Waals surface area (Å²) in [5.74, 6) is 1.10. The van der Waals surface area contributed by atoms with Crippen LogP contribution in [-0.2, 0) is 5.75 Å². The number of aromatic nitrogens is 2. The van der Waals surface area contributed by atoms with E-state index < -0.39 is 5.56 Å². The number of aromatic amines is 1. The number of H-pyrrole nitrogens is 1. The van der Waals surface area contributed by atoms with Gasteiger partial charge in [-0.25, -0.2) is 14.6 Å². The molecule has 35 heavy (non-hydrogen) atoms. The maximum absolute atomic E-state index is 12.5. The number of para-hydroxylation sites is 1. The molecule has 3 aromatic carbocycles. The van der Waals surface area contributed by atoms with Crippen molar-refractivity contribution in [3.05, 3.63) is 106 Å². The lowest BCUT2D eigenvalue weighted by molar-refractivity contribution is 0.262. The summed E-state index contributed by atoms with van der Waals surface area (Å²) in [7, 11) is 1.55. The van der Waals surface area contributed by atoms with Crippen molar-refractivity contribution in [3.63, 3.8) is 0 Å². The number of anilines is 2. The topological polar surface area (TPSA) is 100 Å². The van der Waals surface area contributed by atoms with Crippen molar-refractivity contribution in [2.45, 2.75) is 10.9 Å². The molecule has 0 radical (unpaired) electrons. The lowest BCUT2D eigenvalue weighted by Gasteiger charge is -2.10. The van der Waals surface area contributed by atoms with E-state index in [4.69, 9.17) is 11.3 Å². The summed E-state index contributed by atoms with van der Waals surface area (Å²) >= 11 is 1.33. The van der Waals surface area contributed by atoms with E-state index in [-0.39, 0.29) is 11.7 Å². The second-order valence-corrected chi connectivity index (χ2v) is 8.31. The molecule has 8 nitrogen and oxygen atoms in total. The number of nitrogens with one attached hydrogen (secondary N) is 3. The van der Waals surface area contributed by atoms with Crippen LogP contribution in [0.2, 0.25) is 0 Å². The summed E-state index contributed by atoms with van der Waals surface area (Å²) in [5, 5.41) is 5.98. The van der Waals surface area contributed by atoms with E-state index in [0.29, 0.717) is 39.3 Å². The fraction of sp³-hybridized carbons (Fsp3) is 0.0769. The van der Waals surface area contributed by atoms with Gasteiger partial charge < -0.3 is 20.4 Å². The van der Waals surface area contributed by atoms with Gasteiger partial charge in [-0.2, -0.15) is 0 Å². The van der Waals surface area contributed by atoms with Gasteiger partial charge >= 0.3 is 6.03 Å². The molecule has 2 amide bonds. The number of rotatable bonds is 7. The standard InChI is InChI=1S/C26H21N5O3S/c1-27-23-22(18-9-7-13-21(15-18)34-2)30-26(31-24(23)32)35-16-17-8-6-12-20(14-17)29-25(33)28-19-10-4-3-5-11-19/h3-15H,16H2,2H3,(H2,28,29,33)(H,30,31,32). The summed E-state index contributed by atoms with van der Waals surface area (Å²) in [4.78, 5) is 35.4. The molecular formula is C26H21N5O3S. The second-order valence-electron chi connectivity index (χ2n) is 7.35. The Balaban J connectivity index is 1.49. The predicted octanol–water partition coefficient (Wildman–Crippen LogP) is 5.93. The van der Waals surface area contributed by atoms with Crippen LogP contribution in [0, 0.1) is 6.57 Å². The van der Waals surface area contributed by atoms with Gasteiger partial charge in [0.05, 0.1) is 19.4 Å². The van der Waals surface area contributed by atoms with E-state index in [9.17, 15) is 9.59 Å². The van der Waals surface area contributed by atoms with Crippen molar-refractivity contribution in [2.75, 3.05) is 17.7 Å². The number of benzene rings is 3. The first-order chi connectivity index (χ1) is 17.1. The average molecular weight is 484 g/mol. The van der Waals surface area contributed by atoms with Crippen molar-refractivity contribution in [2.24, 2.45) is 0 Å². The molecular weight excluding hydrogens is 462 g/mol. The summed E-state index contributed by atoms with van der Waals surface area (Å²) in [5.41, 5.74) is 2.62. The number of methoxy groups -OCH3 is 1. The number of thioether (sulfide) groups is 1. The maximum Gasteiger partial charge on any atom is 0.323 e. The molecule has 0 aliphatic heterocycles. The first-order valence-corrected chi connectivity index (χ1v) is 11.6. The third-order valence-corrected chi connectivity index (χ3v) is 5.86. The molecule has 0 aliphatic carbocycles. The minimum atomic E-state index is -0.497. The molecule has 1 aromatic heterocycles. The average Bonchev–Trinajstić information content (AvgIpc) is 2.88. The summed E-state index contributed by atoms with van der Waals surface area (Å²) in [6.07, 6.45) is 0. The molecule has 0 unspecified atom stereocenters. The van der Waals surface area contributed by atoms with Gasteiger partial charge in [0.15, 0.2) is 5.16 Å². The van der Waals surface area contributed by atoms with Crippen LogP contribution in [0.4, 0.5) is 21.9 Å². The van der Waals surface area contributed by atoms with Crippen LogP contribution in [0.5, 0.6) is 5.75 Å². The highest BCUT2D eigenvalue weighted by Gasteiger charge is 2.15. The van der Waals surface area contributed by atoms with Crippen molar-refractivity contribution in [3.8, 4) is 17.0 Å². The third-order valence-electron chi connectivity index (χ3n) is 4.92. The Kier molecular flexibility index (Phi) is 7.45. The lowest BCUT2D eigenvalue weighted by Crippen LogP contribution is -2.19. The van der Waals surface area contributed by atoms with Crippen LogP contribution < -0.4 is 20.9 Å². The minimum absolute atomic E-state index is 0.0711. The molecule has 0 atom stereocenters. The van der Waals surface area contributed by atoms with Crippen LogP contribution in [-0.4, -0.2) is 23.1 Å². The Morgan fingerprint density at radius 2 is 1.77 bits per heavy atom. The van der Waals surface area contributed by atoms with Gasteiger partial charge in [-0.05, 0) is 47.5 Å². The number of nitrogens with zero attached hydrogens (tertiary/aromatic N) is 2. The van der Waals surface area contributed by atoms with Gasteiger partial charge in [-0.1, -0.05) is 54.2 Å². The normalized spacial score (nSPS) is 10.3. The molecule has 0 spiro atoms. The SMILES string of the molecule is [C-]#[N+]c1c(-c2cccc(OC)c2)nc(SCc2cccc(NC(=O)Nc3ccccc3)c2)[nH]c1=O. The zero-order valence-corrected chi connectivity index (χ0v) is 19.6. The molecule has 4 aromatic rings. The van der Waals surface area contributed by atoms with Crippen molar-refractivity contribution < 1.29 is 9.53 Å². The first-order valence-electron chi connectivity index (χ1n) is 10.6. The maximum atomic E-state index is 12.5. The number of hydrogen-bond acceptors (Lipinski definition) is 5. The van der Waals surface area contributed by atoms with Gasteiger partial charge in [0, 0.05) is 17.1 Å². The number of ether oxygens (including phenoxy) is 1. The summed E-state index contributed by atoms with van der Waals surface area (Å²) in [6.45, 7) is 7.42. The van der Waals surface area contributed by atoms with E-state index in [1.54, 1.807) is 49.6 Å². The van der Waals surface area contributed by atoms with Crippen LogP contribution in [0.15, 0.2) is 88.8 Å². The zero-order chi connectivity index (χ0) is 24.6. The van der Waals surface area contributed by atoms with E-state index in [1.165, 1.54) is 11.8 Å². The fourth-order valence-corrected chi connectivity index (χ4v) is 4.10. The Hall–Kier alpha value is -4.55. The van der Waals surface area contributed by atoms with E-state index in [0.717, 1.165) is 5.56 Å². The molecule has 0 fully saturated rings. The second kappa shape index (κ2) is 11.0. The number of carbonyl (C=O) groups is 1. The van der Waals surface area contributed by atoms with Crippen LogP contribution >= 0.6 is 11.8 Å². The predicted molar refractivity (Wildman–Crippen MR) is 138 cm³/mol. The molecule has 4 rings (SSSR count). The molecule has 0 saturated heterocycles. The van der Waals surface area contributed by atoms with Gasteiger partial charge in [0.2, 0.25) is 0 Å². The summed E-state index contributed by atoms with van der Waals surface area (Å²) in [6, 6.07) is 23.3.